The molecule has 0 aliphatic heterocycles. The van der Waals surface area contributed by atoms with E-state index in [-0.39, 0.29) is 12.5 Å². The Bertz CT molecular complexity index is 343. The van der Waals surface area contributed by atoms with Crippen molar-refractivity contribution in [1.82, 2.24) is 15.1 Å². The maximum Gasteiger partial charge on any atom is 0.326 e. The smallest absolute Gasteiger partial charge is 0.326 e. The van der Waals surface area contributed by atoms with Crippen molar-refractivity contribution in [3.8, 4) is 0 Å². The Morgan fingerprint density at radius 3 is 2.10 bits per heavy atom. The lowest BCUT2D eigenvalue weighted by Gasteiger charge is -2.24. The van der Waals surface area contributed by atoms with Gasteiger partial charge < -0.3 is 20.2 Å². The Balaban J connectivity index is 4.47. The summed E-state index contributed by atoms with van der Waals surface area (Å²) in [5.74, 6) is -1.22. The summed E-state index contributed by atoms with van der Waals surface area (Å²) >= 11 is 0. The van der Waals surface area contributed by atoms with Gasteiger partial charge in [0.25, 0.3) is 0 Å². The van der Waals surface area contributed by atoms with Gasteiger partial charge in [-0.2, -0.15) is 0 Å². The van der Waals surface area contributed by atoms with Crippen molar-refractivity contribution in [2.75, 3.05) is 26.7 Å². The van der Waals surface area contributed by atoms with Crippen molar-refractivity contribution in [2.24, 2.45) is 0 Å². The van der Waals surface area contributed by atoms with Crippen LogP contribution in [0.1, 0.15) is 33.6 Å². The normalized spacial score (nSPS) is 11.6. The lowest BCUT2D eigenvalue weighted by atomic mass is 10.2. The first-order valence-electron chi connectivity index (χ1n) is 6.89. The summed E-state index contributed by atoms with van der Waals surface area (Å²) < 4.78 is 0. The summed E-state index contributed by atoms with van der Waals surface area (Å²) in [6, 6.07) is -1.47. The summed E-state index contributed by atoms with van der Waals surface area (Å²) in [5.41, 5.74) is 0. The average Bonchev–Trinajstić information content (AvgIpc) is 2.39. The number of hydrogen-bond donors (Lipinski definition) is 2. The number of carbonyl (C=O) groups excluding carboxylic acids is 2. The van der Waals surface area contributed by atoms with Gasteiger partial charge in [-0.15, -0.1) is 0 Å². The Hall–Kier alpha value is -1.79. The van der Waals surface area contributed by atoms with E-state index >= 15 is 0 Å². The van der Waals surface area contributed by atoms with Crippen LogP contribution in [0.15, 0.2) is 0 Å². The second-order valence-electron chi connectivity index (χ2n) is 4.55. The molecule has 0 aromatic carbocycles. The number of aliphatic carboxylic acids is 1. The fourth-order valence-electron chi connectivity index (χ4n) is 1.76. The monoisotopic (exact) mass is 287 g/mol. The van der Waals surface area contributed by atoms with E-state index in [4.69, 9.17) is 5.11 Å². The maximum absolute atomic E-state index is 11.9. The van der Waals surface area contributed by atoms with Gasteiger partial charge in [0.15, 0.2) is 0 Å². The van der Waals surface area contributed by atoms with E-state index in [1.807, 2.05) is 20.8 Å². The minimum Gasteiger partial charge on any atom is -0.480 e. The summed E-state index contributed by atoms with van der Waals surface area (Å²) in [6.07, 6.45) is 1.01. The van der Waals surface area contributed by atoms with E-state index in [1.54, 1.807) is 4.90 Å². The van der Waals surface area contributed by atoms with Crippen LogP contribution in [0.25, 0.3) is 0 Å². The van der Waals surface area contributed by atoms with Crippen LogP contribution in [0, 0.1) is 0 Å². The molecule has 0 radical (unpaired) electrons. The van der Waals surface area contributed by atoms with Crippen LogP contribution < -0.4 is 5.32 Å². The molecular weight excluding hydrogens is 262 g/mol. The average molecular weight is 287 g/mol. The first-order chi connectivity index (χ1) is 9.37. The second kappa shape index (κ2) is 9.17. The van der Waals surface area contributed by atoms with E-state index in [9.17, 15) is 14.4 Å². The Morgan fingerprint density at radius 2 is 1.70 bits per heavy atom. The predicted octanol–water partition coefficient (Wildman–Crippen LogP) is 0.750. The number of carbonyl (C=O) groups is 3. The molecule has 7 heteroatoms. The van der Waals surface area contributed by atoms with Gasteiger partial charge in [-0.3, -0.25) is 4.79 Å². The van der Waals surface area contributed by atoms with E-state index in [2.05, 4.69) is 5.32 Å². The van der Waals surface area contributed by atoms with Crippen LogP contribution in [0.3, 0.4) is 0 Å². The van der Waals surface area contributed by atoms with Crippen LogP contribution in [0.5, 0.6) is 0 Å². The van der Waals surface area contributed by atoms with Crippen LogP contribution in [-0.4, -0.2) is 65.5 Å². The number of nitrogens with one attached hydrogen (secondary N) is 1. The molecule has 3 amide bonds. The zero-order valence-corrected chi connectivity index (χ0v) is 12.7. The van der Waals surface area contributed by atoms with Gasteiger partial charge in [-0.1, -0.05) is 13.3 Å². The van der Waals surface area contributed by atoms with Gasteiger partial charge in [0.05, 0.1) is 0 Å². The molecule has 2 N–H and O–H groups in total. The SMILES string of the molecule is CCCC(NC(=O)N(C)CC(=O)N(CC)CC)C(=O)O. The fraction of sp³-hybridized carbons (Fsp3) is 0.769. The Kier molecular flexibility index (Phi) is 8.35. The van der Waals surface area contributed by atoms with E-state index in [0.29, 0.717) is 25.9 Å². The quantitative estimate of drug-likeness (QED) is 0.689. The number of carboxylic acid groups (broad SMARTS) is 1. The lowest BCUT2D eigenvalue weighted by Crippen LogP contribution is -2.49. The molecule has 0 rings (SSSR count). The van der Waals surface area contributed by atoms with Crippen molar-refractivity contribution < 1.29 is 19.5 Å². The molecule has 0 aromatic rings. The van der Waals surface area contributed by atoms with Crippen LogP contribution in [0.2, 0.25) is 0 Å². The van der Waals surface area contributed by atoms with Crippen molar-refractivity contribution >= 4 is 17.9 Å². The first-order valence-corrected chi connectivity index (χ1v) is 6.89. The Morgan fingerprint density at radius 1 is 1.15 bits per heavy atom. The topological polar surface area (TPSA) is 90.0 Å². The minimum atomic E-state index is -1.07. The van der Waals surface area contributed by atoms with Crippen molar-refractivity contribution in [3.05, 3.63) is 0 Å². The number of amides is 3. The summed E-state index contributed by atoms with van der Waals surface area (Å²) in [6.45, 7) is 6.67. The van der Waals surface area contributed by atoms with Crippen molar-refractivity contribution in [1.29, 1.82) is 0 Å². The molecule has 20 heavy (non-hydrogen) atoms. The third kappa shape index (κ3) is 5.90. The van der Waals surface area contributed by atoms with Gasteiger partial charge in [-0.05, 0) is 20.3 Å². The van der Waals surface area contributed by atoms with Gasteiger partial charge >= 0.3 is 12.0 Å². The van der Waals surface area contributed by atoms with Gasteiger partial charge in [-0.25, -0.2) is 9.59 Å². The van der Waals surface area contributed by atoms with Crippen LogP contribution >= 0.6 is 0 Å². The highest BCUT2D eigenvalue weighted by Gasteiger charge is 2.22. The molecule has 0 spiro atoms. The zero-order chi connectivity index (χ0) is 15.7. The summed E-state index contributed by atoms with van der Waals surface area (Å²) in [4.78, 5) is 37.5. The molecule has 116 valence electrons. The highest BCUT2D eigenvalue weighted by molar-refractivity contribution is 5.86. The van der Waals surface area contributed by atoms with Gasteiger partial charge in [0.2, 0.25) is 5.91 Å². The molecule has 0 heterocycles. The van der Waals surface area contributed by atoms with E-state index in [0.717, 1.165) is 0 Å². The number of nitrogens with zero attached hydrogens (tertiary/aromatic N) is 2. The maximum atomic E-state index is 11.9. The number of rotatable bonds is 8. The molecule has 0 bridgehead atoms. The molecule has 1 unspecified atom stereocenters. The molecule has 0 aromatic heterocycles. The number of carboxylic acids is 1. The molecular formula is C13H25N3O4. The fourth-order valence-corrected chi connectivity index (χ4v) is 1.76. The molecule has 0 saturated heterocycles. The van der Waals surface area contributed by atoms with E-state index < -0.39 is 18.0 Å². The highest BCUT2D eigenvalue weighted by atomic mass is 16.4. The summed E-state index contributed by atoms with van der Waals surface area (Å²) in [5, 5.41) is 11.4. The van der Waals surface area contributed by atoms with E-state index in [1.165, 1.54) is 11.9 Å². The molecule has 7 nitrogen and oxygen atoms in total. The second-order valence-corrected chi connectivity index (χ2v) is 4.55. The number of likely N-dealkylation sites (N-methyl/N-ethyl adjacent to an activating group) is 2. The number of urea groups is 1. The molecule has 1 atom stereocenters. The molecule has 0 saturated carbocycles. The van der Waals surface area contributed by atoms with Crippen molar-refractivity contribution in [2.45, 2.75) is 39.7 Å². The zero-order valence-electron chi connectivity index (χ0n) is 12.7. The summed E-state index contributed by atoms with van der Waals surface area (Å²) in [7, 11) is 1.47. The van der Waals surface area contributed by atoms with Crippen molar-refractivity contribution in [3.63, 3.8) is 0 Å². The predicted molar refractivity (Wildman–Crippen MR) is 75.4 cm³/mol. The third-order valence-electron chi connectivity index (χ3n) is 3.01. The van der Waals surface area contributed by atoms with Crippen LogP contribution in [-0.2, 0) is 9.59 Å². The molecule has 0 fully saturated rings. The standard InChI is InChI=1S/C13H25N3O4/c1-5-8-10(12(18)19)14-13(20)15(4)9-11(17)16(6-2)7-3/h10H,5-9H2,1-4H3,(H,14,20)(H,18,19). The minimum absolute atomic E-state index is 0.0635. The van der Waals surface area contributed by atoms with Gasteiger partial charge in [0, 0.05) is 20.1 Å². The largest absolute Gasteiger partial charge is 0.480 e. The molecule has 0 aliphatic rings. The molecule has 0 aliphatic carbocycles. The number of hydrogen-bond acceptors (Lipinski definition) is 3. The van der Waals surface area contributed by atoms with Gasteiger partial charge in [0.1, 0.15) is 12.6 Å². The first kappa shape index (κ1) is 18.2. The Labute approximate surface area is 119 Å². The lowest BCUT2D eigenvalue weighted by molar-refractivity contribution is -0.139. The third-order valence-corrected chi connectivity index (χ3v) is 3.01. The van der Waals surface area contributed by atoms with Crippen LogP contribution in [0.4, 0.5) is 4.79 Å². The highest BCUT2D eigenvalue weighted by Crippen LogP contribution is 1.99.